The highest BCUT2D eigenvalue weighted by molar-refractivity contribution is 4.84. The fraction of sp³-hybridized carbons (Fsp3) is 0.867. The molecule has 0 aliphatic carbocycles. The molecule has 1 fully saturated rings. The van der Waals surface area contributed by atoms with Gasteiger partial charge in [-0.3, -0.25) is 0 Å². The van der Waals surface area contributed by atoms with Crippen molar-refractivity contribution in [3.8, 4) is 0 Å². The molecule has 0 unspecified atom stereocenters. The molecular weight excluding hydrogens is 238 g/mol. The fourth-order valence-corrected chi connectivity index (χ4v) is 1.86. The Kier molecular flexibility index (Phi) is 9.70. The Morgan fingerprint density at radius 1 is 1.16 bits per heavy atom. The summed E-state index contributed by atoms with van der Waals surface area (Å²) in [6.45, 7) is 12.2. The predicted octanol–water partition coefficient (Wildman–Crippen LogP) is 2.09. The Balaban J connectivity index is 0.00000154. The van der Waals surface area contributed by atoms with Crippen molar-refractivity contribution in [3.63, 3.8) is 0 Å². The van der Waals surface area contributed by atoms with Crippen molar-refractivity contribution in [2.45, 2.75) is 32.8 Å². The molecule has 0 radical (unpaired) electrons. The first-order valence-electron chi connectivity index (χ1n) is 7.39. The lowest BCUT2D eigenvalue weighted by Crippen LogP contribution is -2.36. The van der Waals surface area contributed by atoms with Gasteiger partial charge in [-0.15, -0.1) is 0 Å². The lowest BCUT2D eigenvalue weighted by atomic mass is 10.1. The molecule has 1 saturated heterocycles. The van der Waals surface area contributed by atoms with E-state index in [0.29, 0.717) is 6.10 Å². The second-order valence-electron chi connectivity index (χ2n) is 5.24. The van der Waals surface area contributed by atoms with Crippen LogP contribution < -0.4 is 0 Å². The van der Waals surface area contributed by atoms with Crippen LogP contribution in [-0.2, 0) is 4.74 Å². The number of ether oxygens (including phenoxy) is 1. The quantitative estimate of drug-likeness (QED) is 0.689. The molecule has 4 nitrogen and oxygen atoms in total. The number of hydrogen-bond donors (Lipinski definition) is 0. The Morgan fingerprint density at radius 2 is 1.68 bits per heavy atom. The van der Waals surface area contributed by atoms with Gasteiger partial charge >= 0.3 is 0 Å². The molecule has 1 aliphatic heterocycles. The van der Waals surface area contributed by atoms with Crippen LogP contribution in [-0.4, -0.2) is 75.2 Å². The van der Waals surface area contributed by atoms with Crippen LogP contribution in [0.15, 0.2) is 12.5 Å². The topological polar surface area (TPSA) is 19.0 Å². The Labute approximate surface area is 120 Å². The summed E-state index contributed by atoms with van der Waals surface area (Å²) in [5, 5.41) is 0. The molecule has 19 heavy (non-hydrogen) atoms. The van der Waals surface area contributed by atoms with Gasteiger partial charge in [-0.25, -0.2) is 0 Å². The lowest BCUT2D eigenvalue weighted by Gasteiger charge is -2.32. The summed E-state index contributed by atoms with van der Waals surface area (Å²) in [5.74, 6) is 0.807. The molecule has 1 rings (SSSR count). The summed E-state index contributed by atoms with van der Waals surface area (Å²) in [5.41, 5.74) is 0. The number of likely N-dealkylation sites (tertiary alicyclic amines) is 1. The van der Waals surface area contributed by atoms with Crippen LogP contribution >= 0.6 is 0 Å². The van der Waals surface area contributed by atoms with Gasteiger partial charge in [0.25, 0.3) is 0 Å². The van der Waals surface area contributed by atoms with Crippen molar-refractivity contribution in [3.05, 3.63) is 12.5 Å². The first-order chi connectivity index (χ1) is 8.99. The van der Waals surface area contributed by atoms with Crippen molar-refractivity contribution < 1.29 is 4.74 Å². The lowest BCUT2D eigenvalue weighted by molar-refractivity contribution is 0.0210. The molecule has 0 N–H and O–H groups in total. The van der Waals surface area contributed by atoms with Gasteiger partial charge in [0.1, 0.15) is 6.10 Å². The molecule has 0 aromatic heterocycles. The molecule has 0 spiro atoms. The summed E-state index contributed by atoms with van der Waals surface area (Å²) in [4.78, 5) is 6.61. The molecule has 0 bridgehead atoms. The van der Waals surface area contributed by atoms with Crippen molar-refractivity contribution in [1.82, 2.24) is 14.7 Å². The van der Waals surface area contributed by atoms with Gasteiger partial charge in [-0.2, -0.15) is 0 Å². The Bertz CT molecular complexity index is 236. The maximum Gasteiger partial charge on any atom is 0.181 e. The van der Waals surface area contributed by atoms with E-state index >= 15 is 0 Å². The molecule has 0 amide bonds. The highest BCUT2D eigenvalue weighted by atomic mass is 16.5. The summed E-state index contributed by atoms with van der Waals surface area (Å²) >= 11 is 0. The van der Waals surface area contributed by atoms with Crippen LogP contribution in [0.2, 0.25) is 0 Å². The standard InChI is InChI=1S/C13H27N3O.C2H6/c1-12(16(5)11-10-14(2)3)17-13-6-8-15(4)9-7-13;1-2/h13H,1,6-11H2,2-5H3;1-2H3. The fourth-order valence-electron chi connectivity index (χ4n) is 1.86. The second kappa shape index (κ2) is 10.1. The summed E-state index contributed by atoms with van der Waals surface area (Å²) in [7, 11) is 8.36. The Morgan fingerprint density at radius 3 is 2.16 bits per heavy atom. The van der Waals surface area contributed by atoms with E-state index in [1.807, 2.05) is 20.9 Å². The van der Waals surface area contributed by atoms with E-state index in [1.165, 1.54) is 0 Å². The SMILES string of the molecule is C=C(OC1CCN(C)CC1)N(C)CCN(C)C.CC. The largest absolute Gasteiger partial charge is 0.476 e. The first kappa shape index (κ1) is 18.3. The molecule has 1 aliphatic rings. The van der Waals surface area contributed by atoms with E-state index < -0.39 is 0 Å². The van der Waals surface area contributed by atoms with Gasteiger partial charge in [0, 0.05) is 33.2 Å². The maximum atomic E-state index is 5.92. The van der Waals surface area contributed by atoms with E-state index in [1.54, 1.807) is 0 Å². The summed E-state index contributed by atoms with van der Waals surface area (Å²) in [6.07, 6.45) is 2.56. The summed E-state index contributed by atoms with van der Waals surface area (Å²) < 4.78 is 5.92. The van der Waals surface area contributed by atoms with Gasteiger partial charge in [0.15, 0.2) is 5.88 Å². The molecule has 1 heterocycles. The van der Waals surface area contributed by atoms with Gasteiger partial charge < -0.3 is 19.4 Å². The van der Waals surface area contributed by atoms with Crippen molar-refractivity contribution >= 4 is 0 Å². The molecule has 0 aromatic rings. The van der Waals surface area contributed by atoms with Crippen molar-refractivity contribution in [1.29, 1.82) is 0 Å². The minimum absolute atomic E-state index is 0.348. The third-order valence-electron chi connectivity index (χ3n) is 3.28. The second-order valence-corrected chi connectivity index (χ2v) is 5.24. The first-order valence-corrected chi connectivity index (χ1v) is 7.39. The third kappa shape index (κ3) is 8.11. The zero-order chi connectivity index (χ0) is 14.8. The molecule has 0 atom stereocenters. The zero-order valence-corrected chi connectivity index (χ0v) is 13.8. The molecule has 4 heteroatoms. The van der Waals surface area contributed by atoms with E-state index in [2.05, 4.69) is 42.4 Å². The van der Waals surface area contributed by atoms with Crippen LogP contribution in [0, 0.1) is 0 Å². The minimum Gasteiger partial charge on any atom is -0.476 e. The molecule has 0 aromatic carbocycles. The van der Waals surface area contributed by atoms with E-state index in [9.17, 15) is 0 Å². The van der Waals surface area contributed by atoms with Crippen LogP contribution in [0.4, 0.5) is 0 Å². The zero-order valence-electron chi connectivity index (χ0n) is 13.8. The highest BCUT2D eigenvalue weighted by Crippen LogP contribution is 2.16. The molecular formula is C15H33N3O. The highest BCUT2D eigenvalue weighted by Gasteiger charge is 2.19. The Hall–Kier alpha value is -0.740. The van der Waals surface area contributed by atoms with E-state index in [0.717, 1.165) is 44.9 Å². The van der Waals surface area contributed by atoms with Gasteiger partial charge in [0.05, 0.1) is 0 Å². The van der Waals surface area contributed by atoms with Gasteiger partial charge in [-0.05, 0) is 40.6 Å². The van der Waals surface area contributed by atoms with Crippen LogP contribution in [0.5, 0.6) is 0 Å². The number of nitrogens with zero attached hydrogens (tertiary/aromatic N) is 3. The van der Waals surface area contributed by atoms with Gasteiger partial charge in [-0.1, -0.05) is 13.8 Å². The number of rotatable bonds is 6. The third-order valence-corrected chi connectivity index (χ3v) is 3.28. The van der Waals surface area contributed by atoms with Crippen molar-refractivity contribution in [2.75, 3.05) is 54.4 Å². The summed E-state index contributed by atoms with van der Waals surface area (Å²) in [6, 6.07) is 0. The molecule has 0 saturated carbocycles. The average molecular weight is 271 g/mol. The van der Waals surface area contributed by atoms with Gasteiger partial charge in [0.2, 0.25) is 0 Å². The van der Waals surface area contributed by atoms with Crippen LogP contribution in [0.1, 0.15) is 26.7 Å². The number of piperidine rings is 1. The van der Waals surface area contributed by atoms with Crippen LogP contribution in [0.3, 0.4) is 0 Å². The maximum absolute atomic E-state index is 5.92. The van der Waals surface area contributed by atoms with E-state index in [-0.39, 0.29) is 0 Å². The predicted molar refractivity (Wildman–Crippen MR) is 83.3 cm³/mol. The molecule has 114 valence electrons. The monoisotopic (exact) mass is 271 g/mol. The van der Waals surface area contributed by atoms with Crippen LogP contribution in [0.25, 0.3) is 0 Å². The minimum atomic E-state index is 0.348. The van der Waals surface area contributed by atoms with E-state index in [4.69, 9.17) is 4.74 Å². The average Bonchev–Trinajstić information content (AvgIpc) is 2.40. The smallest absolute Gasteiger partial charge is 0.181 e. The van der Waals surface area contributed by atoms with Crippen molar-refractivity contribution in [2.24, 2.45) is 0 Å². The number of likely N-dealkylation sites (N-methyl/N-ethyl adjacent to an activating group) is 2. The number of hydrogen-bond acceptors (Lipinski definition) is 4. The normalized spacial score (nSPS) is 16.8.